The first-order chi connectivity index (χ1) is 30.5. The van der Waals surface area contributed by atoms with Gasteiger partial charge in [-0.15, -0.1) is 0 Å². The van der Waals surface area contributed by atoms with Crippen molar-refractivity contribution in [1.29, 1.82) is 0 Å². The number of nitrogens with two attached hydrogens (primary N) is 1. The van der Waals surface area contributed by atoms with Crippen molar-refractivity contribution in [3.05, 3.63) is 48.0 Å². The fourth-order valence-electron chi connectivity index (χ4n) is 5.80. The molecule has 0 aliphatic heterocycles. The molecule has 15 N–H and O–H groups in total. The Bertz CT molecular complexity index is 2030. The molecule has 0 radical (unpaired) electrons. The molecule has 8 atom stereocenters. The van der Waals surface area contributed by atoms with E-state index in [0.29, 0.717) is 11.3 Å². The number of benzene rings is 1. The molecule has 0 saturated carbocycles. The Hall–Kier alpha value is -7.64. The zero-order valence-electron chi connectivity index (χ0n) is 35.5. The van der Waals surface area contributed by atoms with E-state index in [4.69, 9.17) is 10.8 Å². The Morgan fingerprint density at radius 2 is 1.23 bits per heavy atom. The standard InChI is InChI=1S/C39H54N10O16/c1-4-18(2)32(38(63)42-16-28(51)45-25(11-20-5-7-22(50)8-6-20)36(61)48-27(39(64)65)14-31(56)57)49-37(62)26(13-30(54)55)47-33(58)19(3)44-35(60)24(9-10-29(52)53)46-34(59)23(40)12-21-15-41-17-43-21/h5-8,15,17-19,23-27,32,50H,4,9-14,16,40H2,1-3H3,(H,41,43)(H,42,63)(H,44,60)(H,45,51)(H,46,59)(H,47,58)(H,48,61)(H,49,62)(H,52,53)(H,54,55)(H,56,57)(H,64,65)/t18-,19-,23-,24-,25-,26-,27-,32-/m0/s1. The summed E-state index contributed by atoms with van der Waals surface area (Å²) in [5.74, 6) is -14.0. The molecule has 0 spiro atoms. The number of rotatable bonds is 28. The molecule has 0 aliphatic carbocycles. The number of aliphatic carboxylic acids is 4. The SMILES string of the molecule is CC[C@H](C)[C@H](NC(=O)[C@H](CC(=O)O)NC(=O)[C@H](C)NC(=O)[C@H](CCC(=O)O)NC(=O)[C@@H](N)Cc1cnc[nH]1)C(=O)NCC(=O)N[C@@H](Cc1ccc(O)cc1)C(=O)N[C@@H](CC(=O)O)C(=O)O. The molecule has 0 aliphatic rings. The van der Waals surface area contributed by atoms with Crippen molar-refractivity contribution in [3.63, 3.8) is 0 Å². The lowest BCUT2D eigenvalue weighted by molar-refractivity contribution is -0.147. The topological polar surface area (TPSA) is 428 Å². The van der Waals surface area contributed by atoms with Gasteiger partial charge in [-0.1, -0.05) is 32.4 Å². The number of H-pyrrole nitrogens is 1. The molecule has 0 bridgehead atoms. The van der Waals surface area contributed by atoms with E-state index in [-0.39, 0.29) is 25.0 Å². The number of phenols is 1. The number of amides is 7. The molecule has 2 rings (SSSR count). The number of aromatic hydroxyl groups is 1. The van der Waals surface area contributed by atoms with Gasteiger partial charge in [0, 0.05) is 31.2 Å². The van der Waals surface area contributed by atoms with Crippen LogP contribution in [0.3, 0.4) is 0 Å². The lowest BCUT2D eigenvalue weighted by atomic mass is 9.97. The summed E-state index contributed by atoms with van der Waals surface area (Å²) in [5, 5.41) is 62.7. The smallest absolute Gasteiger partial charge is 0.326 e. The minimum Gasteiger partial charge on any atom is -0.508 e. The van der Waals surface area contributed by atoms with Crippen LogP contribution in [0.25, 0.3) is 0 Å². The highest BCUT2D eigenvalue weighted by Crippen LogP contribution is 2.13. The summed E-state index contributed by atoms with van der Waals surface area (Å²) in [6, 6.07) is -5.53. The number of carboxylic acids is 4. The Kier molecular flexibility index (Phi) is 21.5. The van der Waals surface area contributed by atoms with Gasteiger partial charge in [0.05, 0.1) is 31.8 Å². The summed E-state index contributed by atoms with van der Waals surface area (Å²) in [7, 11) is 0. The molecule has 1 aromatic carbocycles. The molecule has 0 fully saturated rings. The summed E-state index contributed by atoms with van der Waals surface area (Å²) < 4.78 is 0. The summed E-state index contributed by atoms with van der Waals surface area (Å²) >= 11 is 0. The zero-order valence-corrected chi connectivity index (χ0v) is 35.5. The molecule has 1 heterocycles. The van der Waals surface area contributed by atoms with Crippen LogP contribution in [-0.4, -0.2) is 150 Å². The minimum absolute atomic E-state index is 0.0138. The second kappa shape index (κ2) is 26.1. The number of carbonyl (C=O) groups is 11. The maximum absolute atomic E-state index is 13.5. The number of nitrogens with zero attached hydrogens (tertiary/aromatic N) is 1. The van der Waals surface area contributed by atoms with Crippen molar-refractivity contribution in [2.75, 3.05) is 6.54 Å². The Morgan fingerprint density at radius 1 is 0.662 bits per heavy atom. The van der Waals surface area contributed by atoms with Crippen LogP contribution in [0.15, 0.2) is 36.8 Å². The van der Waals surface area contributed by atoms with Gasteiger partial charge in [0.25, 0.3) is 0 Å². The Labute approximate surface area is 370 Å². The lowest BCUT2D eigenvalue weighted by Gasteiger charge is -2.27. The first-order valence-corrected chi connectivity index (χ1v) is 20.0. The van der Waals surface area contributed by atoms with Gasteiger partial charge in [0.2, 0.25) is 41.4 Å². The molecule has 0 saturated heterocycles. The average Bonchev–Trinajstić information content (AvgIpc) is 3.75. The predicted octanol–water partition coefficient (Wildman–Crippen LogP) is -3.78. The van der Waals surface area contributed by atoms with E-state index >= 15 is 0 Å². The maximum atomic E-state index is 13.5. The van der Waals surface area contributed by atoms with E-state index in [1.165, 1.54) is 43.7 Å². The number of hydrogen-bond donors (Lipinski definition) is 14. The highest BCUT2D eigenvalue weighted by Gasteiger charge is 2.34. The predicted molar refractivity (Wildman–Crippen MR) is 221 cm³/mol. The summed E-state index contributed by atoms with van der Waals surface area (Å²) in [4.78, 5) is 145. The van der Waals surface area contributed by atoms with Crippen molar-refractivity contribution in [1.82, 2.24) is 47.2 Å². The number of hydrogen-bond acceptors (Lipinski definition) is 14. The fraction of sp³-hybridized carbons (Fsp3) is 0.487. The van der Waals surface area contributed by atoms with Crippen LogP contribution >= 0.6 is 0 Å². The Morgan fingerprint density at radius 3 is 1.78 bits per heavy atom. The van der Waals surface area contributed by atoms with Crippen molar-refractivity contribution < 1.29 is 78.3 Å². The van der Waals surface area contributed by atoms with Crippen LogP contribution in [0, 0.1) is 5.92 Å². The zero-order chi connectivity index (χ0) is 49.0. The number of aromatic nitrogens is 2. The van der Waals surface area contributed by atoms with Crippen molar-refractivity contribution in [3.8, 4) is 5.75 Å². The van der Waals surface area contributed by atoms with Crippen LogP contribution < -0.4 is 43.0 Å². The first-order valence-electron chi connectivity index (χ1n) is 20.0. The molecular formula is C39H54N10O16. The van der Waals surface area contributed by atoms with Gasteiger partial charge < -0.3 is 73.5 Å². The van der Waals surface area contributed by atoms with Crippen LogP contribution in [0.5, 0.6) is 5.75 Å². The molecule has 356 valence electrons. The third-order valence-corrected chi connectivity index (χ3v) is 9.61. The number of aromatic amines is 1. The molecule has 7 amide bonds. The highest BCUT2D eigenvalue weighted by molar-refractivity contribution is 5.98. The molecule has 65 heavy (non-hydrogen) atoms. The van der Waals surface area contributed by atoms with Crippen LogP contribution in [0.2, 0.25) is 0 Å². The maximum Gasteiger partial charge on any atom is 0.326 e. The van der Waals surface area contributed by atoms with Gasteiger partial charge in [-0.05, 0) is 37.0 Å². The van der Waals surface area contributed by atoms with E-state index in [2.05, 4.69) is 41.9 Å². The van der Waals surface area contributed by atoms with Crippen LogP contribution in [-0.2, 0) is 65.6 Å². The van der Waals surface area contributed by atoms with Gasteiger partial charge in [0.1, 0.15) is 42.0 Å². The molecule has 26 heteroatoms. The summed E-state index contributed by atoms with van der Waals surface area (Å²) in [5.41, 5.74) is 6.81. The highest BCUT2D eigenvalue weighted by atomic mass is 16.4. The average molecular weight is 919 g/mol. The number of nitrogens with one attached hydrogen (secondary N) is 8. The molecule has 26 nitrogen and oxygen atoms in total. The molecule has 2 aromatic rings. The van der Waals surface area contributed by atoms with Gasteiger partial charge in [-0.25, -0.2) is 9.78 Å². The van der Waals surface area contributed by atoms with Gasteiger partial charge in [-0.3, -0.25) is 47.9 Å². The Balaban J connectivity index is 2.17. The summed E-state index contributed by atoms with van der Waals surface area (Å²) in [6.45, 7) is 3.51. The number of carbonyl (C=O) groups excluding carboxylic acids is 7. The lowest BCUT2D eigenvalue weighted by Crippen LogP contribution is -2.59. The van der Waals surface area contributed by atoms with Crippen LogP contribution in [0.4, 0.5) is 0 Å². The molecule has 1 aromatic heterocycles. The van der Waals surface area contributed by atoms with Crippen LogP contribution in [0.1, 0.15) is 64.1 Å². The number of phenolic OH excluding ortho intramolecular Hbond substituents is 1. The van der Waals surface area contributed by atoms with Crippen molar-refractivity contribution >= 4 is 65.2 Å². The quantitative estimate of drug-likeness (QED) is 0.0389. The molecular weight excluding hydrogens is 864 g/mol. The third kappa shape index (κ3) is 19.1. The van der Waals surface area contributed by atoms with E-state index in [1.54, 1.807) is 6.92 Å². The minimum atomic E-state index is -1.87. The third-order valence-electron chi connectivity index (χ3n) is 9.61. The van der Waals surface area contributed by atoms with E-state index < -0.39 is 146 Å². The largest absolute Gasteiger partial charge is 0.508 e. The van der Waals surface area contributed by atoms with Gasteiger partial charge >= 0.3 is 23.9 Å². The van der Waals surface area contributed by atoms with E-state index in [9.17, 15) is 73.2 Å². The fourth-order valence-corrected chi connectivity index (χ4v) is 5.80. The van der Waals surface area contributed by atoms with Gasteiger partial charge in [0.15, 0.2) is 0 Å². The monoisotopic (exact) mass is 918 g/mol. The second-order valence-electron chi connectivity index (χ2n) is 14.8. The normalized spacial score (nSPS) is 14.5. The van der Waals surface area contributed by atoms with E-state index in [1.807, 2.05) is 5.32 Å². The number of carboxylic acid groups (broad SMARTS) is 4. The second-order valence-corrected chi connectivity index (χ2v) is 14.8. The first kappa shape index (κ1) is 53.5. The van der Waals surface area contributed by atoms with Crippen molar-refractivity contribution in [2.45, 2.75) is 108 Å². The van der Waals surface area contributed by atoms with Gasteiger partial charge in [-0.2, -0.15) is 0 Å². The van der Waals surface area contributed by atoms with Crippen molar-refractivity contribution in [2.24, 2.45) is 11.7 Å². The molecule has 0 unspecified atom stereocenters. The number of imidazole rings is 1. The van der Waals surface area contributed by atoms with E-state index in [0.717, 1.165) is 6.92 Å². The summed E-state index contributed by atoms with van der Waals surface area (Å²) in [6.07, 6.45) is -0.269.